The van der Waals surface area contributed by atoms with Gasteiger partial charge in [0.1, 0.15) is 0 Å². The van der Waals surface area contributed by atoms with E-state index in [1.807, 2.05) is 0 Å². The van der Waals surface area contributed by atoms with Crippen LogP contribution in [0.3, 0.4) is 0 Å². The van der Waals surface area contributed by atoms with E-state index >= 15 is 0 Å². The van der Waals surface area contributed by atoms with Crippen LogP contribution in [0.5, 0.6) is 11.5 Å². The molecule has 0 spiro atoms. The van der Waals surface area contributed by atoms with Gasteiger partial charge in [-0.3, -0.25) is 19.3 Å². The number of rotatable bonds is 7. The standard InChI is InChI=1S/C17H16N2O7S/c20-14(18-5-6-19-15(21)9-27-17(19)23)8-24-16(22)4-2-11-1-3-12-13(7-11)26-10-25-12/h1-4,7H,5-6,8-10H2,(H,18,20)/b4-2+. The predicted octanol–water partition coefficient (Wildman–Crippen LogP) is 0.783. The molecule has 27 heavy (non-hydrogen) atoms. The molecule has 2 heterocycles. The second-order valence-corrected chi connectivity index (χ2v) is 6.43. The summed E-state index contributed by atoms with van der Waals surface area (Å²) >= 11 is 0.930. The lowest BCUT2D eigenvalue weighted by molar-refractivity contribution is -0.143. The summed E-state index contributed by atoms with van der Waals surface area (Å²) < 4.78 is 15.3. The average molecular weight is 392 g/mol. The van der Waals surface area contributed by atoms with E-state index in [1.54, 1.807) is 18.2 Å². The van der Waals surface area contributed by atoms with Crippen molar-refractivity contribution in [3.8, 4) is 11.5 Å². The Hall–Kier alpha value is -3.01. The van der Waals surface area contributed by atoms with Gasteiger partial charge in [0.15, 0.2) is 18.1 Å². The highest BCUT2D eigenvalue weighted by Gasteiger charge is 2.29. The molecule has 0 radical (unpaired) electrons. The van der Waals surface area contributed by atoms with Gasteiger partial charge in [0.25, 0.3) is 11.1 Å². The van der Waals surface area contributed by atoms with Gasteiger partial charge in [0.2, 0.25) is 12.7 Å². The summed E-state index contributed by atoms with van der Waals surface area (Å²) in [6.45, 7) is -0.102. The minimum Gasteiger partial charge on any atom is -0.454 e. The summed E-state index contributed by atoms with van der Waals surface area (Å²) in [4.78, 5) is 47.2. The first-order valence-electron chi connectivity index (χ1n) is 8.01. The van der Waals surface area contributed by atoms with E-state index < -0.39 is 18.5 Å². The number of hydrogen-bond acceptors (Lipinski definition) is 8. The number of imide groups is 1. The van der Waals surface area contributed by atoms with Crippen LogP contribution in [0.15, 0.2) is 24.3 Å². The molecule has 1 fully saturated rings. The summed E-state index contributed by atoms with van der Waals surface area (Å²) in [6, 6.07) is 5.20. The number of amides is 3. The number of carbonyl (C=O) groups is 4. The number of carbonyl (C=O) groups excluding carboxylic acids is 4. The van der Waals surface area contributed by atoms with Crippen LogP contribution >= 0.6 is 11.8 Å². The number of hydrogen-bond donors (Lipinski definition) is 1. The Labute approximate surface area is 158 Å². The zero-order valence-corrected chi connectivity index (χ0v) is 15.0. The van der Waals surface area contributed by atoms with Crippen LogP contribution < -0.4 is 14.8 Å². The monoisotopic (exact) mass is 392 g/mol. The highest BCUT2D eigenvalue weighted by Crippen LogP contribution is 2.32. The highest BCUT2D eigenvalue weighted by atomic mass is 32.2. The minimum absolute atomic E-state index is 0.0916. The van der Waals surface area contributed by atoms with Crippen LogP contribution in [0.1, 0.15) is 5.56 Å². The van der Waals surface area contributed by atoms with Gasteiger partial charge in [0.05, 0.1) is 5.75 Å². The summed E-state index contributed by atoms with van der Waals surface area (Å²) in [7, 11) is 0. The second-order valence-electron chi connectivity index (χ2n) is 5.50. The third-order valence-corrected chi connectivity index (χ3v) is 4.51. The van der Waals surface area contributed by atoms with Crippen LogP contribution in [0.25, 0.3) is 6.08 Å². The SMILES string of the molecule is O=C(COC(=O)/C=C/c1ccc2c(c1)OCO2)NCCN1C(=O)CSC1=O. The van der Waals surface area contributed by atoms with E-state index in [4.69, 9.17) is 14.2 Å². The Morgan fingerprint density at radius 3 is 2.85 bits per heavy atom. The molecule has 1 aromatic carbocycles. The summed E-state index contributed by atoms with van der Waals surface area (Å²) in [5, 5.41) is 2.16. The molecule has 1 aromatic rings. The number of ether oxygens (including phenoxy) is 3. The highest BCUT2D eigenvalue weighted by molar-refractivity contribution is 8.14. The average Bonchev–Trinajstić information content (AvgIpc) is 3.25. The number of fused-ring (bicyclic) bond motifs is 1. The van der Waals surface area contributed by atoms with Crippen molar-refractivity contribution in [2.24, 2.45) is 0 Å². The first-order valence-corrected chi connectivity index (χ1v) is 9.00. The van der Waals surface area contributed by atoms with Crippen molar-refractivity contribution < 1.29 is 33.4 Å². The number of esters is 1. The van der Waals surface area contributed by atoms with Gasteiger partial charge in [-0.05, 0) is 23.8 Å². The van der Waals surface area contributed by atoms with E-state index in [0.717, 1.165) is 22.2 Å². The summed E-state index contributed by atoms with van der Waals surface area (Å²) in [5.74, 6) is -0.115. The Bertz CT molecular complexity index is 792. The lowest BCUT2D eigenvalue weighted by atomic mass is 10.2. The molecule has 2 aliphatic rings. The Balaban J connectivity index is 1.36. The number of nitrogens with zero attached hydrogens (tertiary/aromatic N) is 1. The lowest BCUT2D eigenvalue weighted by Gasteiger charge is -2.12. The number of thioether (sulfide) groups is 1. The molecule has 0 aromatic heterocycles. The number of nitrogens with one attached hydrogen (secondary N) is 1. The van der Waals surface area contributed by atoms with E-state index in [1.165, 1.54) is 12.2 Å². The molecule has 3 rings (SSSR count). The molecule has 0 atom stereocenters. The van der Waals surface area contributed by atoms with Gasteiger partial charge in [-0.1, -0.05) is 17.8 Å². The third-order valence-electron chi connectivity index (χ3n) is 3.65. The Morgan fingerprint density at radius 2 is 2.07 bits per heavy atom. The van der Waals surface area contributed by atoms with Crippen LogP contribution in [0.4, 0.5) is 4.79 Å². The van der Waals surface area contributed by atoms with Gasteiger partial charge in [-0.2, -0.15) is 0 Å². The van der Waals surface area contributed by atoms with Gasteiger partial charge in [-0.15, -0.1) is 0 Å². The molecule has 3 amide bonds. The van der Waals surface area contributed by atoms with Gasteiger partial charge < -0.3 is 19.5 Å². The molecule has 0 bridgehead atoms. The maximum atomic E-state index is 11.7. The second kappa shape index (κ2) is 8.58. The minimum atomic E-state index is -0.677. The van der Waals surface area contributed by atoms with Crippen molar-refractivity contribution in [3.05, 3.63) is 29.8 Å². The predicted molar refractivity (Wildman–Crippen MR) is 95.1 cm³/mol. The number of benzene rings is 1. The van der Waals surface area contributed by atoms with Crippen LogP contribution in [-0.4, -0.2) is 60.2 Å². The molecule has 142 valence electrons. The quantitative estimate of drug-likeness (QED) is 0.535. The Kier molecular flexibility index (Phi) is 5.97. The van der Waals surface area contributed by atoms with Crippen molar-refractivity contribution in [3.63, 3.8) is 0 Å². The van der Waals surface area contributed by atoms with E-state index in [-0.39, 0.29) is 36.8 Å². The lowest BCUT2D eigenvalue weighted by Crippen LogP contribution is -2.38. The molecule has 0 aliphatic carbocycles. The van der Waals surface area contributed by atoms with Crippen molar-refractivity contribution in [2.75, 3.05) is 32.2 Å². The van der Waals surface area contributed by atoms with Gasteiger partial charge in [0, 0.05) is 19.2 Å². The molecular weight excluding hydrogens is 376 g/mol. The molecule has 10 heteroatoms. The first kappa shape index (κ1) is 18.8. The van der Waals surface area contributed by atoms with Gasteiger partial charge in [-0.25, -0.2) is 4.79 Å². The fraction of sp³-hybridized carbons (Fsp3) is 0.294. The maximum Gasteiger partial charge on any atom is 0.331 e. The van der Waals surface area contributed by atoms with Crippen molar-refractivity contribution in [1.82, 2.24) is 10.2 Å². The summed E-state index contributed by atoms with van der Waals surface area (Å²) in [6.07, 6.45) is 2.73. The topological polar surface area (TPSA) is 111 Å². The van der Waals surface area contributed by atoms with Crippen molar-refractivity contribution in [2.45, 2.75) is 0 Å². The molecule has 2 aliphatic heterocycles. The zero-order chi connectivity index (χ0) is 19.2. The van der Waals surface area contributed by atoms with E-state index in [0.29, 0.717) is 11.5 Å². The van der Waals surface area contributed by atoms with Gasteiger partial charge >= 0.3 is 5.97 Å². The largest absolute Gasteiger partial charge is 0.454 e. The Morgan fingerprint density at radius 1 is 1.26 bits per heavy atom. The zero-order valence-electron chi connectivity index (χ0n) is 14.1. The fourth-order valence-electron chi connectivity index (χ4n) is 2.32. The molecule has 1 saturated heterocycles. The molecule has 0 unspecified atom stereocenters. The van der Waals surface area contributed by atoms with Crippen LogP contribution in [0, 0.1) is 0 Å². The third kappa shape index (κ3) is 5.00. The fourth-order valence-corrected chi connectivity index (χ4v) is 3.07. The van der Waals surface area contributed by atoms with Crippen LogP contribution in [0.2, 0.25) is 0 Å². The van der Waals surface area contributed by atoms with E-state index in [2.05, 4.69) is 5.32 Å². The molecular formula is C17H16N2O7S. The maximum absolute atomic E-state index is 11.7. The van der Waals surface area contributed by atoms with E-state index in [9.17, 15) is 19.2 Å². The molecule has 1 N–H and O–H groups in total. The smallest absolute Gasteiger partial charge is 0.331 e. The summed E-state index contributed by atoms with van der Waals surface area (Å²) in [5.41, 5.74) is 0.721. The van der Waals surface area contributed by atoms with Crippen molar-refractivity contribution in [1.29, 1.82) is 0 Å². The van der Waals surface area contributed by atoms with Crippen molar-refractivity contribution >= 4 is 40.9 Å². The normalized spacial score (nSPS) is 15.5. The van der Waals surface area contributed by atoms with Crippen LogP contribution in [-0.2, 0) is 19.1 Å². The molecule has 0 saturated carbocycles. The molecule has 9 nitrogen and oxygen atoms in total. The first-order chi connectivity index (χ1) is 13.0.